The maximum absolute atomic E-state index is 12.9. The molecule has 0 radical (unpaired) electrons. The lowest BCUT2D eigenvalue weighted by atomic mass is 9.46. The number of ketones is 2. The SMILES string of the molecule is CC(=O)C1C(OC2CCCCO2)CC2C3CCC4=CC(=O)CC[C@]4(C)C3CC[C@@]21C. The zero-order valence-electron chi connectivity index (χ0n) is 19.0. The van der Waals surface area contributed by atoms with Gasteiger partial charge in [-0.25, -0.2) is 0 Å². The van der Waals surface area contributed by atoms with Crippen LogP contribution < -0.4 is 0 Å². The maximum atomic E-state index is 12.9. The topological polar surface area (TPSA) is 52.6 Å². The van der Waals surface area contributed by atoms with Crippen LogP contribution in [0.4, 0.5) is 0 Å². The van der Waals surface area contributed by atoms with Gasteiger partial charge in [-0.1, -0.05) is 19.4 Å². The van der Waals surface area contributed by atoms with Gasteiger partial charge < -0.3 is 9.47 Å². The van der Waals surface area contributed by atoms with Gasteiger partial charge in [-0.2, -0.15) is 0 Å². The summed E-state index contributed by atoms with van der Waals surface area (Å²) in [6, 6.07) is 0. The van der Waals surface area contributed by atoms with E-state index in [0.717, 1.165) is 58.0 Å². The van der Waals surface area contributed by atoms with E-state index in [2.05, 4.69) is 13.8 Å². The monoisotopic (exact) mass is 414 g/mol. The van der Waals surface area contributed by atoms with Crippen molar-refractivity contribution in [1.29, 1.82) is 0 Å². The maximum Gasteiger partial charge on any atom is 0.157 e. The van der Waals surface area contributed by atoms with Gasteiger partial charge in [0.15, 0.2) is 12.1 Å². The predicted octanol–water partition coefficient (Wildman–Crippen LogP) is 5.25. The van der Waals surface area contributed by atoms with Gasteiger partial charge in [0.05, 0.1) is 6.10 Å². The van der Waals surface area contributed by atoms with Crippen LogP contribution in [0.2, 0.25) is 0 Å². The summed E-state index contributed by atoms with van der Waals surface area (Å²) in [4.78, 5) is 24.9. The number of allylic oxidation sites excluding steroid dienone is 1. The van der Waals surface area contributed by atoms with Crippen LogP contribution in [0.5, 0.6) is 0 Å². The molecule has 4 heteroatoms. The summed E-state index contributed by atoms with van der Waals surface area (Å²) in [5, 5.41) is 0. The number of hydrogen-bond donors (Lipinski definition) is 0. The molecule has 30 heavy (non-hydrogen) atoms. The third-order valence-corrected chi connectivity index (χ3v) is 9.87. The van der Waals surface area contributed by atoms with Crippen LogP contribution in [0.15, 0.2) is 11.6 Å². The molecule has 0 N–H and O–H groups in total. The highest BCUT2D eigenvalue weighted by Gasteiger charge is 2.63. The fourth-order valence-corrected chi connectivity index (χ4v) is 8.42. The molecule has 0 aromatic heterocycles. The summed E-state index contributed by atoms with van der Waals surface area (Å²) in [5.74, 6) is 2.43. The molecule has 1 aliphatic heterocycles. The fourth-order valence-electron chi connectivity index (χ4n) is 8.42. The highest BCUT2D eigenvalue weighted by Crippen LogP contribution is 2.67. The molecule has 8 atom stereocenters. The van der Waals surface area contributed by atoms with Crippen LogP contribution in [0, 0.1) is 34.5 Å². The summed E-state index contributed by atoms with van der Waals surface area (Å²) >= 11 is 0. The number of fused-ring (bicyclic) bond motifs is 5. The predicted molar refractivity (Wildman–Crippen MR) is 115 cm³/mol. The van der Waals surface area contributed by atoms with Crippen LogP contribution in [0.1, 0.15) is 85.0 Å². The Morgan fingerprint density at radius 2 is 1.93 bits per heavy atom. The lowest BCUT2D eigenvalue weighted by molar-refractivity contribution is -0.197. The molecule has 1 heterocycles. The van der Waals surface area contributed by atoms with Crippen molar-refractivity contribution in [1.82, 2.24) is 0 Å². The molecule has 1 saturated heterocycles. The second-order valence-corrected chi connectivity index (χ2v) is 11.3. The Morgan fingerprint density at radius 3 is 2.67 bits per heavy atom. The van der Waals surface area contributed by atoms with Crippen molar-refractivity contribution in [3.63, 3.8) is 0 Å². The van der Waals surface area contributed by atoms with E-state index in [1.54, 1.807) is 6.92 Å². The molecular formula is C26H38O4. The summed E-state index contributed by atoms with van der Waals surface area (Å²) in [7, 11) is 0. The van der Waals surface area contributed by atoms with Gasteiger partial charge in [0.2, 0.25) is 0 Å². The Morgan fingerprint density at radius 1 is 1.10 bits per heavy atom. The molecule has 0 bridgehead atoms. The normalized spacial score (nSPS) is 48.4. The minimum absolute atomic E-state index is 0.00275. The number of carbonyl (C=O) groups is 2. The molecule has 4 aliphatic carbocycles. The van der Waals surface area contributed by atoms with Gasteiger partial charge in [0.1, 0.15) is 5.78 Å². The number of Topliss-reactive ketones (excluding diaryl/α,β-unsaturated/α-hetero) is 1. The summed E-state index contributed by atoms with van der Waals surface area (Å²) in [5.41, 5.74) is 1.62. The van der Waals surface area contributed by atoms with Crippen molar-refractivity contribution in [2.45, 2.75) is 97.4 Å². The number of rotatable bonds is 3. The lowest BCUT2D eigenvalue weighted by Gasteiger charge is -2.57. The molecule has 6 unspecified atom stereocenters. The zero-order valence-corrected chi connectivity index (χ0v) is 19.0. The molecule has 5 aliphatic rings. The second-order valence-electron chi connectivity index (χ2n) is 11.3. The minimum Gasteiger partial charge on any atom is -0.353 e. The first kappa shape index (κ1) is 20.9. The smallest absolute Gasteiger partial charge is 0.157 e. The standard InChI is InChI=1S/C26H38O4/c1-16(27)24-22(30-23-6-4-5-13-29-23)15-21-19-8-7-17-14-18(28)9-11-25(17,2)20(19)10-12-26(21,24)3/h14,19-24H,4-13,15H2,1-3H3/t19?,20?,21?,22?,23?,24?,25-,26-/m0/s1. The molecule has 0 spiro atoms. The quantitative estimate of drug-likeness (QED) is 0.633. The molecule has 166 valence electrons. The number of ether oxygens (including phenoxy) is 2. The Bertz CT molecular complexity index is 750. The third-order valence-electron chi connectivity index (χ3n) is 9.87. The average Bonchev–Trinajstić information content (AvgIpc) is 3.01. The number of hydrogen-bond acceptors (Lipinski definition) is 4. The van der Waals surface area contributed by atoms with Crippen LogP contribution in [-0.2, 0) is 19.1 Å². The highest BCUT2D eigenvalue weighted by atomic mass is 16.7. The fraction of sp³-hybridized carbons (Fsp3) is 0.846. The van der Waals surface area contributed by atoms with E-state index < -0.39 is 0 Å². The van der Waals surface area contributed by atoms with Crippen molar-refractivity contribution in [2.75, 3.05) is 6.61 Å². The minimum atomic E-state index is -0.132. The van der Waals surface area contributed by atoms with Crippen LogP contribution >= 0.6 is 0 Å². The lowest BCUT2D eigenvalue weighted by Crippen LogP contribution is -2.51. The van der Waals surface area contributed by atoms with Gasteiger partial charge >= 0.3 is 0 Å². The van der Waals surface area contributed by atoms with Gasteiger partial charge in [-0.15, -0.1) is 0 Å². The zero-order chi connectivity index (χ0) is 21.1. The molecule has 0 amide bonds. The van der Waals surface area contributed by atoms with Gasteiger partial charge in [-0.3, -0.25) is 9.59 Å². The van der Waals surface area contributed by atoms with Crippen LogP contribution in [0.3, 0.4) is 0 Å². The average molecular weight is 415 g/mol. The third kappa shape index (κ3) is 3.16. The molecule has 4 fully saturated rings. The van der Waals surface area contributed by atoms with E-state index in [0.29, 0.717) is 35.7 Å². The Kier molecular flexibility index (Phi) is 5.25. The molecule has 4 nitrogen and oxygen atoms in total. The second kappa shape index (κ2) is 7.55. The summed E-state index contributed by atoms with van der Waals surface area (Å²) in [6.45, 7) is 7.35. The van der Waals surface area contributed by atoms with E-state index in [1.165, 1.54) is 12.0 Å². The summed E-state index contributed by atoms with van der Waals surface area (Å²) < 4.78 is 12.4. The van der Waals surface area contributed by atoms with Crippen molar-refractivity contribution in [2.24, 2.45) is 34.5 Å². The van der Waals surface area contributed by atoms with E-state index in [1.807, 2.05) is 6.08 Å². The Balaban J connectivity index is 1.42. The van der Waals surface area contributed by atoms with Gasteiger partial charge in [0, 0.05) is 18.9 Å². The van der Waals surface area contributed by atoms with Crippen molar-refractivity contribution in [3.8, 4) is 0 Å². The molecule has 5 rings (SSSR count). The van der Waals surface area contributed by atoms with E-state index in [-0.39, 0.29) is 29.1 Å². The first-order chi connectivity index (χ1) is 14.3. The summed E-state index contributed by atoms with van der Waals surface area (Å²) in [6.07, 6.45) is 12.3. The van der Waals surface area contributed by atoms with Crippen molar-refractivity contribution in [3.05, 3.63) is 11.6 Å². The van der Waals surface area contributed by atoms with Crippen molar-refractivity contribution < 1.29 is 19.1 Å². The Labute approximate surface area is 181 Å². The first-order valence-electron chi connectivity index (χ1n) is 12.3. The van der Waals surface area contributed by atoms with Gasteiger partial charge in [-0.05, 0) is 99.4 Å². The van der Waals surface area contributed by atoms with Crippen LogP contribution in [0.25, 0.3) is 0 Å². The van der Waals surface area contributed by atoms with Crippen LogP contribution in [-0.4, -0.2) is 30.6 Å². The van der Waals surface area contributed by atoms with E-state index in [9.17, 15) is 9.59 Å². The van der Waals surface area contributed by atoms with E-state index in [4.69, 9.17) is 9.47 Å². The molecular weight excluding hydrogens is 376 g/mol. The molecule has 3 saturated carbocycles. The van der Waals surface area contributed by atoms with Gasteiger partial charge in [0.25, 0.3) is 0 Å². The Hall–Kier alpha value is -1.00. The molecule has 0 aromatic carbocycles. The van der Waals surface area contributed by atoms with E-state index >= 15 is 0 Å². The largest absolute Gasteiger partial charge is 0.353 e. The van der Waals surface area contributed by atoms with Crippen molar-refractivity contribution >= 4 is 11.6 Å². The number of carbonyl (C=O) groups excluding carboxylic acids is 2. The first-order valence-corrected chi connectivity index (χ1v) is 12.3. The highest BCUT2D eigenvalue weighted by molar-refractivity contribution is 5.91. The molecule has 0 aromatic rings.